The monoisotopic (exact) mass is 742 g/mol. The second-order valence-electron chi connectivity index (χ2n) is 12.1. The normalized spacial score (nSPS) is 11.5. The molecule has 0 aromatic heterocycles. The maximum Gasteiger partial charge on any atom is 0.305 e. The van der Waals surface area contributed by atoms with Crippen LogP contribution in [0.5, 0.6) is 0 Å². The van der Waals surface area contributed by atoms with E-state index in [-0.39, 0.29) is 5.97 Å². The van der Waals surface area contributed by atoms with Gasteiger partial charge in [-0.15, -0.1) is 11.6 Å². The van der Waals surface area contributed by atoms with Crippen LogP contribution in [0.15, 0.2) is 0 Å². The van der Waals surface area contributed by atoms with E-state index < -0.39 is 0 Å². The first-order valence-electron chi connectivity index (χ1n) is 19.7. The van der Waals surface area contributed by atoms with Crippen LogP contribution in [0.1, 0.15) is 110 Å². The van der Waals surface area contributed by atoms with Crippen molar-refractivity contribution in [2.75, 3.05) is 131 Å². The molecule has 0 aromatic rings. The molecule has 0 aromatic carbocycles. The molecule has 0 amide bonds. The number of hydrogen-bond acceptors (Lipinski definition) is 11. The Kier molecular flexibility index (Phi) is 45.9. The van der Waals surface area contributed by atoms with Crippen LogP contribution in [0.25, 0.3) is 0 Å². The van der Waals surface area contributed by atoms with E-state index >= 15 is 0 Å². The van der Waals surface area contributed by atoms with Crippen molar-refractivity contribution in [3.8, 4) is 0 Å². The highest BCUT2D eigenvalue weighted by Crippen LogP contribution is 2.13. The minimum absolute atomic E-state index is 0.129. The number of unbranched alkanes of at least 4 members (excludes halogenated alkanes) is 14. The fraction of sp³-hybridized carbons (Fsp3) is 0.974. The van der Waals surface area contributed by atoms with Gasteiger partial charge >= 0.3 is 5.97 Å². The van der Waals surface area contributed by atoms with Crippen LogP contribution >= 0.6 is 11.6 Å². The van der Waals surface area contributed by atoms with Crippen molar-refractivity contribution < 1.29 is 52.2 Å². The Morgan fingerprint density at radius 3 is 0.860 bits per heavy atom. The van der Waals surface area contributed by atoms with Crippen molar-refractivity contribution in [1.29, 1.82) is 0 Å². The Morgan fingerprint density at radius 2 is 0.580 bits per heavy atom. The Morgan fingerprint density at radius 1 is 0.340 bits per heavy atom. The quantitative estimate of drug-likeness (QED) is 0.0360. The Bertz CT molecular complexity index is 634. The summed E-state index contributed by atoms with van der Waals surface area (Å²) in [5.74, 6) is 0.368. The molecule has 0 unspecified atom stereocenters. The van der Waals surface area contributed by atoms with Crippen LogP contribution < -0.4 is 0 Å². The van der Waals surface area contributed by atoms with E-state index in [2.05, 4.69) is 6.92 Å². The van der Waals surface area contributed by atoms with Gasteiger partial charge in [0.1, 0.15) is 6.61 Å². The molecule has 0 bridgehead atoms. The van der Waals surface area contributed by atoms with Crippen molar-refractivity contribution in [3.63, 3.8) is 0 Å². The standard InChI is InChI=1S/C38H75ClO11/c1-2-3-4-5-6-7-8-9-10-11-12-13-14-15-16-17-38(40)50-37-36-49-35-34-48-33-32-47-31-30-46-29-28-45-27-26-44-25-24-43-23-22-42-21-20-41-19-18-39/h2-37H2,1H3. The third-order valence-electron chi connectivity index (χ3n) is 7.67. The molecule has 0 rings (SSSR count). The molecule has 0 N–H and O–H groups in total. The van der Waals surface area contributed by atoms with Gasteiger partial charge in [0.2, 0.25) is 0 Å². The summed E-state index contributed by atoms with van der Waals surface area (Å²) < 4.78 is 54.1. The zero-order valence-electron chi connectivity index (χ0n) is 31.8. The zero-order valence-corrected chi connectivity index (χ0v) is 32.6. The van der Waals surface area contributed by atoms with Crippen molar-refractivity contribution in [2.45, 2.75) is 110 Å². The Hall–Kier alpha value is -0.600. The molecule has 0 heterocycles. The lowest BCUT2D eigenvalue weighted by atomic mass is 10.0. The second-order valence-corrected chi connectivity index (χ2v) is 12.5. The zero-order chi connectivity index (χ0) is 36.1. The summed E-state index contributed by atoms with van der Waals surface area (Å²) in [5, 5.41) is 0. The molecule has 0 saturated carbocycles. The molecule has 300 valence electrons. The van der Waals surface area contributed by atoms with E-state index in [1.54, 1.807) is 0 Å². The third kappa shape index (κ3) is 45.4. The van der Waals surface area contributed by atoms with Crippen LogP contribution in [0.2, 0.25) is 0 Å². The molecule has 0 aliphatic heterocycles. The summed E-state index contributed by atoms with van der Waals surface area (Å²) in [5.41, 5.74) is 0. The summed E-state index contributed by atoms with van der Waals surface area (Å²) in [6.45, 7) is 11.6. The average Bonchev–Trinajstić information content (AvgIpc) is 3.12. The summed E-state index contributed by atoms with van der Waals surface area (Å²) in [4.78, 5) is 11.9. The first-order chi connectivity index (χ1) is 24.8. The average molecular weight is 743 g/mol. The van der Waals surface area contributed by atoms with Gasteiger partial charge in [-0.3, -0.25) is 4.79 Å². The van der Waals surface area contributed by atoms with E-state index in [0.29, 0.717) is 138 Å². The van der Waals surface area contributed by atoms with Gasteiger partial charge in [0.25, 0.3) is 0 Å². The number of esters is 1. The van der Waals surface area contributed by atoms with E-state index in [0.717, 1.165) is 12.8 Å². The fourth-order valence-electron chi connectivity index (χ4n) is 4.84. The number of carbonyl (C=O) groups excluding carboxylic acids is 1. The summed E-state index contributed by atoms with van der Waals surface area (Å²) in [6.07, 6.45) is 20.2. The third-order valence-corrected chi connectivity index (χ3v) is 7.83. The van der Waals surface area contributed by atoms with Gasteiger partial charge in [-0.25, -0.2) is 0 Å². The lowest BCUT2D eigenvalue weighted by Gasteiger charge is -2.09. The largest absolute Gasteiger partial charge is 0.463 e. The molecule has 0 aliphatic rings. The van der Waals surface area contributed by atoms with Crippen molar-refractivity contribution in [3.05, 3.63) is 0 Å². The molecule has 0 spiro atoms. The predicted octanol–water partition coefficient (Wildman–Crippen LogP) is 7.18. The van der Waals surface area contributed by atoms with Gasteiger partial charge in [-0.2, -0.15) is 0 Å². The topological polar surface area (TPSA) is 109 Å². The van der Waals surface area contributed by atoms with Crippen LogP contribution in [0.4, 0.5) is 0 Å². The van der Waals surface area contributed by atoms with Gasteiger partial charge in [0.05, 0.1) is 119 Å². The molecule has 0 aliphatic carbocycles. The highest BCUT2D eigenvalue weighted by molar-refractivity contribution is 6.17. The number of halogens is 1. The van der Waals surface area contributed by atoms with E-state index in [4.69, 9.17) is 59.0 Å². The van der Waals surface area contributed by atoms with Crippen molar-refractivity contribution in [1.82, 2.24) is 0 Å². The number of carbonyl (C=O) groups is 1. The minimum atomic E-state index is -0.129. The Balaban J connectivity index is 3.13. The number of ether oxygens (including phenoxy) is 10. The van der Waals surface area contributed by atoms with Gasteiger partial charge in [-0.05, 0) is 6.42 Å². The molecular formula is C38H75ClO11. The number of alkyl halides is 1. The van der Waals surface area contributed by atoms with Gasteiger partial charge in [0.15, 0.2) is 0 Å². The maximum atomic E-state index is 11.9. The second kappa shape index (κ2) is 46.4. The summed E-state index contributed by atoms with van der Waals surface area (Å²) >= 11 is 5.52. The summed E-state index contributed by atoms with van der Waals surface area (Å²) in [6, 6.07) is 0. The van der Waals surface area contributed by atoms with Gasteiger partial charge in [-0.1, -0.05) is 96.8 Å². The van der Waals surface area contributed by atoms with Gasteiger partial charge < -0.3 is 47.4 Å². The van der Waals surface area contributed by atoms with Crippen molar-refractivity contribution >= 4 is 17.6 Å². The molecule has 0 fully saturated rings. The molecule has 50 heavy (non-hydrogen) atoms. The molecule has 0 radical (unpaired) electrons. The highest BCUT2D eigenvalue weighted by Gasteiger charge is 2.03. The summed E-state index contributed by atoms with van der Waals surface area (Å²) in [7, 11) is 0. The SMILES string of the molecule is CCCCCCCCCCCCCCCCCC(=O)OCCOCCOCCOCCOCCOCCOCCOCCOCCOCCCl. The molecule has 12 heteroatoms. The van der Waals surface area contributed by atoms with E-state index in [9.17, 15) is 4.79 Å². The van der Waals surface area contributed by atoms with Crippen LogP contribution in [-0.2, 0) is 52.2 Å². The highest BCUT2D eigenvalue weighted by atomic mass is 35.5. The van der Waals surface area contributed by atoms with Crippen LogP contribution in [0.3, 0.4) is 0 Å². The first-order valence-corrected chi connectivity index (χ1v) is 20.3. The first kappa shape index (κ1) is 49.4. The maximum absolute atomic E-state index is 11.9. The molecular weight excluding hydrogens is 668 g/mol. The van der Waals surface area contributed by atoms with Crippen LogP contribution in [-0.4, -0.2) is 137 Å². The minimum Gasteiger partial charge on any atom is -0.463 e. The molecule has 0 atom stereocenters. The fourth-order valence-corrected chi connectivity index (χ4v) is 4.95. The molecule has 11 nitrogen and oxygen atoms in total. The predicted molar refractivity (Wildman–Crippen MR) is 199 cm³/mol. The van der Waals surface area contributed by atoms with Gasteiger partial charge in [0, 0.05) is 12.3 Å². The number of hydrogen-bond donors (Lipinski definition) is 0. The number of rotatable bonds is 45. The lowest BCUT2D eigenvalue weighted by Crippen LogP contribution is -2.15. The Labute approximate surface area is 310 Å². The van der Waals surface area contributed by atoms with Crippen molar-refractivity contribution in [2.24, 2.45) is 0 Å². The molecule has 0 saturated heterocycles. The lowest BCUT2D eigenvalue weighted by molar-refractivity contribution is -0.145. The smallest absolute Gasteiger partial charge is 0.305 e. The van der Waals surface area contributed by atoms with E-state index in [1.165, 1.54) is 83.5 Å². The van der Waals surface area contributed by atoms with Crippen LogP contribution in [0, 0.1) is 0 Å². The van der Waals surface area contributed by atoms with E-state index in [1.807, 2.05) is 0 Å².